The van der Waals surface area contributed by atoms with Crippen LogP contribution >= 0.6 is 11.6 Å². The zero-order chi connectivity index (χ0) is 16.2. The van der Waals surface area contributed by atoms with E-state index in [9.17, 15) is 0 Å². The van der Waals surface area contributed by atoms with Gasteiger partial charge in [-0.15, -0.1) is 0 Å². The molecule has 0 saturated heterocycles. The Balaban J connectivity index is 1.60. The molecule has 0 amide bonds. The lowest BCUT2D eigenvalue weighted by atomic mass is 10.0. The van der Waals surface area contributed by atoms with Gasteiger partial charge in [0, 0.05) is 6.54 Å². The summed E-state index contributed by atoms with van der Waals surface area (Å²) < 4.78 is 5.46. The molecule has 1 heterocycles. The highest BCUT2D eigenvalue weighted by molar-refractivity contribution is 6.28. The lowest BCUT2D eigenvalue weighted by Crippen LogP contribution is -2.12. The molecule has 3 rings (SSSR count). The molecule has 1 aliphatic carbocycles. The second kappa shape index (κ2) is 6.96. The molecule has 0 saturated carbocycles. The van der Waals surface area contributed by atoms with Crippen LogP contribution in [0.1, 0.15) is 31.4 Å². The number of ether oxygens (including phenoxy) is 1. The van der Waals surface area contributed by atoms with E-state index in [4.69, 9.17) is 16.3 Å². The van der Waals surface area contributed by atoms with Crippen molar-refractivity contribution < 1.29 is 4.74 Å². The van der Waals surface area contributed by atoms with Gasteiger partial charge in [-0.1, -0.05) is 30.3 Å². The van der Waals surface area contributed by atoms with Crippen LogP contribution in [0.5, 0.6) is 6.01 Å². The molecule has 1 N–H and O–H groups in total. The molecule has 0 spiro atoms. The molecule has 2 aromatic rings. The fraction of sp³-hybridized carbons (Fsp3) is 0.353. The number of hydrogen-bond acceptors (Lipinski definition) is 5. The highest BCUT2D eigenvalue weighted by atomic mass is 35.5. The van der Waals surface area contributed by atoms with Crippen molar-refractivity contribution in [3.05, 3.63) is 46.8 Å². The predicted octanol–water partition coefficient (Wildman–Crippen LogP) is 3.75. The van der Waals surface area contributed by atoms with E-state index in [2.05, 4.69) is 50.6 Å². The van der Waals surface area contributed by atoms with Crippen LogP contribution in [0, 0.1) is 0 Å². The topological polar surface area (TPSA) is 59.9 Å². The van der Waals surface area contributed by atoms with E-state index in [1.165, 1.54) is 16.7 Å². The van der Waals surface area contributed by atoms with Gasteiger partial charge >= 0.3 is 6.01 Å². The minimum Gasteiger partial charge on any atom is -0.461 e. The number of hydrogen-bond donors (Lipinski definition) is 1. The van der Waals surface area contributed by atoms with E-state index in [1.807, 2.05) is 13.8 Å². The quantitative estimate of drug-likeness (QED) is 0.874. The Bertz CT molecular complexity index is 730. The third-order valence-electron chi connectivity index (χ3n) is 3.54. The van der Waals surface area contributed by atoms with Crippen LogP contribution in [0.3, 0.4) is 0 Å². The average Bonchev–Trinajstić information content (AvgIpc) is 2.89. The molecule has 1 aromatic carbocycles. The summed E-state index contributed by atoms with van der Waals surface area (Å²) in [6.07, 6.45) is 4.18. The molecule has 0 radical (unpaired) electrons. The lowest BCUT2D eigenvalue weighted by Gasteiger charge is -2.10. The molecule has 0 atom stereocenters. The Labute approximate surface area is 140 Å². The molecular formula is C17H19ClN4O. The van der Waals surface area contributed by atoms with Gasteiger partial charge in [-0.3, -0.25) is 0 Å². The Kier molecular flexibility index (Phi) is 4.76. The summed E-state index contributed by atoms with van der Waals surface area (Å²) in [4.78, 5) is 12.3. The van der Waals surface area contributed by atoms with Crippen molar-refractivity contribution in [2.45, 2.75) is 32.8 Å². The van der Waals surface area contributed by atoms with E-state index < -0.39 is 0 Å². The van der Waals surface area contributed by atoms with Crippen LogP contribution in [0.4, 0.5) is 5.95 Å². The predicted molar refractivity (Wildman–Crippen MR) is 91.8 cm³/mol. The molecular weight excluding hydrogens is 312 g/mol. The first-order valence-electron chi connectivity index (χ1n) is 7.71. The van der Waals surface area contributed by atoms with Gasteiger partial charge in [0.25, 0.3) is 0 Å². The van der Waals surface area contributed by atoms with Gasteiger partial charge in [0.15, 0.2) is 0 Å². The smallest absolute Gasteiger partial charge is 0.322 e. The molecule has 1 aliphatic rings. The summed E-state index contributed by atoms with van der Waals surface area (Å²) in [5.74, 6) is 0.438. The van der Waals surface area contributed by atoms with Crippen LogP contribution in [0.15, 0.2) is 30.3 Å². The van der Waals surface area contributed by atoms with Crippen LogP contribution in [0.25, 0.3) is 5.57 Å². The summed E-state index contributed by atoms with van der Waals surface area (Å²) in [6, 6.07) is 8.74. The largest absolute Gasteiger partial charge is 0.461 e. The molecule has 120 valence electrons. The van der Waals surface area contributed by atoms with Crippen molar-refractivity contribution in [1.82, 2.24) is 15.0 Å². The van der Waals surface area contributed by atoms with Crippen molar-refractivity contribution in [3.63, 3.8) is 0 Å². The molecule has 0 aliphatic heterocycles. The molecule has 0 bridgehead atoms. The zero-order valence-corrected chi connectivity index (χ0v) is 14.0. The van der Waals surface area contributed by atoms with Gasteiger partial charge in [-0.25, -0.2) is 0 Å². The van der Waals surface area contributed by atoms with Crippen molar-refractivity contribution >= 4 is 23.1 Å². The zero-order valence-electron chi connectivity index (χ0n) is 13.2. The van der Waals surface area contributed by atoms with Crippen LogP contribution in [0.2, 0.25) is 5.28 Å². The van der Waals surface area contributed by atoms with Crippen LogP contribution in [-0.2, 0) is 6.42 Å². The first-order chi connectivity index (χ1) is 11.1. The summed E-state index contributed by atoms with van der Waals surface area (Å²) in [6.45, 7) is 4.55. The number of nitrogens with zero attached hydrogens (tertiary/aromatic N) is 3. The Morgan fingerprint density at radius 3 is 2.87 bits per heavy atom. The van der Waals surface area contributed by atoms with E-state index in [0.717, 1.165) is 19.4 Å². The normalized spacial score (nSPS) is 13.0. The van der Waals surface area contributed by atoms with Crippen molar-refractivity contribution in [3.8, 4) is 6.01 Å². The number of nitrogens with one attached hydrogen (secondary N) is 1. The maximum atomic E-state index is 5.91. The monoisotopic (exact) mass is 330 g/mol. The number of allylic oxidation sites excluding steroid dienone is 1. The molecule has 0 unspecified atom stereocenters. The molecule has 1 aromatic heterocycles. The van der Waals surface area contributed by atoms with E-state index in [1.54, 1.807) is 0 Å². The molecule has 5 nitrogen and oxygen atoms in total. The van der Waals surface area contributed by atoms with E-state index in [0.29, 0.717) is 5.95 Å². The Morgan fingerprint density at radius 2 is 2.04 bits per heavy atom. The number of anilines is 1. The molecule has 23 heavy (non-hydrogen) atoms. The fourth-order valence-electron chi connectivity index (χ4n) is 2.57. The van der Waals surface area contributed by atoms with Crippen LogP contribution < -0.4 is 10.1 Å². The highest BCUT2D eigenvalue weighted by Crippen LogP contribution is 2.29. The van der Waals surface area contributed by atoms with Crippen molar-refractivity contribution in [1.29, 1.82) is 0 Å². The summed E-state index contributed by atoms with van der Waals surface area (Å²) >= 11 is 5.91. The van der Waals surface area contributed by atoms with Gasteiger partial charge in [0.2, 0.25) is 11.2 Å². The summed E-state index contributed by atoms with van der Waals surface area (Å²) in [5, 5.41) is 3.32. The van der Waals surface area contributed by atoms with E-state index >= 15 is 0 Å². The average molecular weight is 331 g/mol. The summed E-state index contributed by atoms with van der Waals surface area (Å²) in [7, 11) is 0. The van der Waals surface area contributed by atoms with Crippen LogP contribution in [-0.4, -0.2) is 27.6 Å². The van der Waals surface area contributed by atoms with Crippen molar-refractivity contribution in [2.24, 2.45) is 0 Å². The number of fused-ring (bicyclic) bond motifs is 1. The standard InChI is InChI=1S/C17H19ClN4O/c1-11(2)23-17-21-15(18)20-16(22-17)19-10-9-13-8-7-12-5-3-4-6-14(12)13/h3-6,8,11H,7,9-10H2,1-2H3,(H,19,20,21,22). The van der Waals surface area contributed by atoms with E-state index in [-0.39, 0.29) is 17.4 Å². The minimum absolute atomic E-state index is 0.0125. The maximum absolute atomic E-state index is 5.91. The highest BCUT2D eigenvalue weighted by Gasteiger charge is 2.13. The first-order valence-corrected chi connectivity index (χ1v) is 8.09. The second-order valence-electron chi connectivity index (χ2n) is 5.64. The summed E-state index contributed by atoms with van der Waals surface area (Å²) in [5.41, 5.74) is 4.08. The second-order valence-corrected chi connectivity index (χ2v) is 5.98. The third kappa shape index (κ3) is 3.99. The first kappa shape index (κ1) is 15.7. The number of rotatable bonds is 6. The minimum atomic E-state index is -0.0125. The van der Waals surface area contributed by atoms with Gasteiger partial charge in [0.1, 0.15) is 0 Å². The number of aromatic nitrogens is 3. The molecule has 0 fully saturated rings. The third-order valence-corrected chi connectivity index (χ3v) is 3.71. The Hall–Kier alpha value is -2.14. The number of halogens is 1. The maximum Gasteiger partial charge on any atom is 0.322 e. The van der Waals surface area contributed by atoms with Gasteiger partial charge in [-0.2, -0.15) is 15.0 Å². The number of benzene rings is 1. The molecule has 6 heteroatoms. The SMILES string of the molecule is CC(C)Oc1nc(Cl)nc(NCCC2=CCc3ccccc32)n1. The fourth-order valence-corrected chi connectivity index (χ4v) is 2.73. The van der Waals surface area contributed by atoms with Gasteiger partial charge < -0.3 is 10.1 Å². The Morgan fingerprint density at radius 1 is 1.22 bits per heavy atom. The van der Waals surface area contributed by atoms with Gasteiger partial charge in [0.05, 0.1) is 6.10 Å². The van der Waals surface area contributed by atoms with Gasteiger partial charge in [-0.05, 0) is 55.0 Å². The van der Waals surface area contributed by atoms with Crippen molar-refractivity contribution in [2.75, 3.05) is 11.9 Å². The lowest BCUT2D eigenvalue weighted by molar-refractivity contribution is 0.222.